The van der Waals surface area contributed by atoms with Gasteiger partial charge in [0, 0.05) is 22.9 Å². The number of nitro groups is 1. The van der Waals surface area contributed by atoms with Gasteiger partial charge in [-0.2, -0.15) is 0 Å². The van der Waals surface area contributed by atoms with Gasteiger partial charge in [0.2, 0.25) is 0 Å². The van der Waals surface area contributed by atoms with Crippen molar-refractivity contribution < 1.29 is 19.6 Å². The molecule has 0 aliphatic carbocycles. The van der Waals surface area contributed by atoms with Gasteiger partial charge in [0.15, 0.2) is 0 Å². The lowest BCUT2D eigenvalue weighted by Gasteiger charge is -2.28. The van der Waals surface area contributed by atoms with Crippen LogP contribution in [-0.4, -0.2) is 38.6 Å². The van der Waals surface area contributed by atoms with Gasteiger partial charge < -0.3 is 10.0 Å². The van der Waals surface area contributed by atoms with Gasteiger partial charge in [-0.05, 0) is 29.5 Å². The highest BCUT2D eigenvalue weighted by atomic mass is 32.2. The molecule has 0 radical (unpaired) electrons. The van der Waals surface area contributed by atoms with Crippen molar-refractivity contribution >= 4 is 29.3 Å². The molecule has 1 aliphatic rings. The Balaban J connectivity index is 2.00. The number of nitro benzene ring substituents is 1. The van der Waals surface area contributed by atoms with Crippen molar-refractivity contribution in [3.8, 4) is 0 Å². The number of carbonyl (C=O) groups is 2. The molecule has 158 valence electrons. The van der Waals surface area contributed by atoms with Gasteiger partial charge in [-0.25, -0.2) is 4.79 Å². The summed E-state index contributed by atoms with van der Waals surface area (Å²) >= 11 is 1.38. The van der Waals surface area contributed by atoms with Crippen molar-refractivity contribution in [2.45, 2.75) is 44.5 Å². The van der Waals surface area contributed by atoms with Gasteiger partial charge in [-0.1, -0.05) is 51.1 Å². The van der Waals surface area contributed by atoms with Crippen LogP contribution in [-0.2, 0) is 10.2 Å². The van der Waals surface area contributed by atoms with Crippen LogP contribution in [0.25, 0.3) is 0 Å². The Hall–Kier alpha value is -2.87. The Bertz CT molecular complexity index is 998. The van der Waals surface area contributed by atoms with Gasteiger partial charge >= 0.3 is 5.97 Å². The number of hydrogen-bond acceptors (Lipinski definition) is 5. The average molecular weight is 429 g/mol. The van der Waals surface area contributed by atoms with E-state index in [9.17, 15) is 24.8 Å². The first-order valence-corrected chi connectivity index (χ1v) is 10.6. The van der Waals surface area contributed by atoms with Crippen LogP contribution < -0.4 is 0 Å². The maximum absolute atomic E-state index is 13.3. The van der Waals surface area contributed by atoms with Crippen molar-refractivity contribution in [3.63, 3.8) is 0 Å². The second-order valence-corrected chi connectivity index (χ2v) is 9.50. The number of carboxylic acid groups (broad SMARTS) is 1. The zero-order chi connectivity index (χ0) is 22.2. The molecule has 8 heteroatoms. The Morgan fingerprint density at radius 3 is 2.33 bits per heavy atom. The molecule has 0 aromatic heterocycles. The van der Waals surface area contributed by atoms with E-state index in [-0.39, 0.29) is 22.4 Å². The van der Waals surface area contributed by atoms with E-state index in [2.05, 4.69) is 20.8 Å². The fraction of sp³-hybridized carbons (Fsp3) is 0.364. The molecular formula is C22H24N2O5S. The number of benzene rings is 2. The number of carbonyl (C=O) groups excluding carboxylic acids is 1. The Morgan fingerprint density at radius 1 is 1.17 bits per heavy atom. The zero-order valence-electron chi connectivity index (χ0n) is 17.3. The summed E-state index contributed by atoms with van der Waals surface area (Å²) in [7, 11) is 0. The van der Waals surface area contributed by atoms with E-state index in [0.717, 1.165) is 11.1 Å². The van der Waals surface area contributed by atoms with Crippen molar-refractivity contribution in [2.24, 2.45) is 0 Å². The Kier molecular flexibility index (Phi) is 5.90. The molecule has 1 amide bonds. The number of thioether (sulfide) groups is 1. The summed E-state index contributed by atoms with van der Waals surface area (Å²) in [6.45, 7) is 7.91. The molecule has 1 fully saturated rings. The lowest BCUT2D eigenvalue weighted by molar-refractivity contribution is -0.385. The van der Waals surface area contributed by atoms with Gasteiger partial charge in [0.05, 0.1) is 4.92 Å². The van der Waals surface area contributed by atoms with E-state index in [1.165, 1.54) is 34.9 Å². The predicted molar refractivity (Wildman–Crippen MR) is 116 cm³/mol. The third kappa shape index (κ3) is 4.18. The first-order valence-electron chi connectivity index (χ1n) is 9.53. The molecule has 1 heterocycles. The van der Waals surface area contributed by atoms with Gasteiger partial charge in [-0.3, -0.25) is 14.9 Å². The number of nitrogens with zero attached hydrogens (tertiary/aromatic N) is 2. The molecule has 2 unspecified atom stereocenters. The van der Waals surface area contributed by atoms with Crippen LogP contribution in [0.5, 0.6) is 0 Å². The molecule has 1 aliphatic heterocycles. The monoisotopic (exact) mass is 428 g/mol. The summed E-state index contributed by atoms with van der Waals surface area (Å²) in [5.41, 5.74) is 2.32. The molecule has 3 rings (SSSR count). The number of aliphatic carboxylic acids is 1. The topological polar surface area (TPSA) is 101 Å². The second kappa shape index (κ2) is 8.10. The highest BCUT2D eigenvalue weighted by Gasteiger charge is 2.43. The van der Waals surface area contributed by atoms with Crippen LogP contribution in [0.2, 0.25) is 0 Å². The van der Waals surface area contributed by atoms with Crippen molar-refractivity contribution in [1.29, 1.82) is 0 Å². The summed E-state index contributed by atoms with van der Waals surface area (Å²) in [6, 6.07) is 11.0. The van der Waals surface area contributed by atoms with Crippen LogP contribution in [0.4, 0.5) is 5.69 Å². The fourth-order valence-electron chi connectivity index (χ4n) is 3.44. The van der Waals surface area contributed by atoms with Gasteiger partial charge in [0.1, 0.15) is 11.4 Å². The highest BCUT2D eigenvalue weighted by molar-refractivity contribution is 7.99. The lowest BCUT2D eigenvalue weighted by atomic mass is 9.86. The minimum atomic E-state index is -1.09. The molecule has 1 N–H and O–H groups in total. The van der Waals surface area contributed by atoms with Crippen molar-refractivity contribution in [3.05, 3.63) is 74.8 Å². The smallest absolute Gasteiger partial charge is 0.327 e. The summed E-state index contributed by atoms with van der Waals surface area (Å²) < 4.78 is 0. The van der Waals surface area contributed by atoms with Crippen LogP contribution in [0.15, 0.2) is 42.5 Å². The average Bonchev–Trinajstić information content (AvgIpc) is 3.12. The second-order valence-electron chi connectivity index (χ2n) is 8.38. The molecule has 30 heavy (non-hydrogen) atoms. The van der Waals surface area contributed by atoms with Gasteiger partial charge in [0.25, 0.3) is 11.6 Å². The fourth-order valence-corrected chi connectivity index (χ4v) is 4.86. The maximum atomic E-state index is 13.3. The number of carboxylic acids is 1. The molecule has 7 nitrogen and oxygen atoms in total. The lowest BCUT2D eigenvalue weighted by Crippen LogP contribution is -2.43. The van der Waals surface area contributed by atoms with Crippen LogP contribution in [0, 0.1) is 17.0 Å². The molecular weight excluding hydrogens is 404 g/mol. The first-order chi connectivity index (χ1) is 14.0. The van der Waals surface area contributed by atoms with Crippen molar-refractivity contribution in [2.75, 3.05) is 5.75 Å². The summed E-state index contributed by atoms with van der Waals surface area (Å²) in [4.78, 5) is 37.2. The molecule has 0 saturated carbocycles. The largest absolute Gasteiger partial charge is 0.480 e. The van der Waals surface area contributed by atoms with Crippen LogP contribution >= 0.6 is 11.8 Å². The highest BCUT2D eigenvalue weighted by Crippen LogP contribution is 2.43. The molecule has 2 aromatic carbocycles. The minimum Gasteiger partial charge on any atom is -0.480 e. The van der Waals surface area contributed by atoms with E-state index < -0.39 is 28.2 Å². The third-order valence-electron chi connectivity index (χ3n) is 5.23. The van der Waals surface area contributed by atoms with E-state index >= 15 is 0 Å². The SMILES string of the molecule is Cc1ccc(C(=O)N2C(C(=O)O)CSC2c2ccc(C(C)(C)C)cc2)cc1[N+](=O)[O-]. The number of aryl methyl sites for hydroxylation is 1. The van der Waals surface area contributed by atoms with E-state index in [0.29, 0.717) is 5.56 Å². The molecule has 0 spiro atoms. The minimum absolute atomic E-state index is 0.0265. The number of hydrogen-bond donors (Lipinski definition) is 1. The zero-order valence-corrected chi connectivity index (χ0v) is 18.1. The van der Waals surface area contributed by atoms with E-state index in [4.69, 9.17) is 0 Å². The number of amides is 1. The first kappa shape index (κ1) is 21.8. The predicted octanol–water partition coefficient (Wildman–Crippen LogP) is 4.54. The number of rotatable bonds is 4. The molecule has 0 bridgehead atoms. The standard InChI is InChI=1S/C22H24N2O5S/c1-13-5-6-15(11-17(13)24(28)29)19(25)23-18(21(26)27)12-30-20(23)14-7-9-16(10-8-14)22(2,3)4/h5-11,18,20H,12H2,1-4H3,(H,26,27). The molecule has 2 atom stereocenters. The Labute approximate surface area is 179 Å². The maximum Gasteiger partial charge on any atom is 0.327 e. The van der Waals surface area contributed by atoms with Crippen molar-refractivity contribution in [1.82, 2.24) is 4.90 Å². The normalized spacial score (nSPS) is 19.0. The Morgan fingerprint density at radius 2 is 1.80 bits per heavy atom. The van der Waals surface area contributed by atoms with E-state index in [1.54, 1.807) is 6.92 Å². The van der Waals surface area contributed by atoms with Gasteiger partial charge in [-0.15, -0.1) is 11.8 Å². The third-order valence-corrected chi connectivity index (χ3v) is 6.56. The van der Waals surface area contributed by atoms with Crippen LogP contribution in [0.1, 0.15) is 53.2 Å². The van der Waals surface area contributed by atoms with Crippen LogP contribution in [0.3, 0.4) is 0 Å². The summed E-state index contributed by atoms with van der Waals surface area (Å²) in [5.74, 6) is -1.37. The summed E-state index contributed by atoms with van der Waals surface area (Å²) in [6.07, 6.45) is 0. The van der Waals surface area contributed by atoms with E-state index in [1.807, 2.05) is 24.3 Å². The molecule has 1 saturated heterocycles. The quantitative estimate of drug-likeness (QED) is 0.567. The molecule has 2 aromatic rings. The summed E-state index contributed by atoms with van der Waals surface area (Å²) in [5, 5.41) is 20.5.